The van der Waals surface area contributed by atoms with E-state index in [1.54, 1.807) is 18.2 Å². The van der Waals surface area contributed by atoms with Crippen molar-refractivity contribution >= 4 is 22.4 Å². The summed E-state index contributed by atoms with van der Waals surface area (Å²) in [6.07, 6.45) is -0.995. The number of benzene rings is 1. The van der Waals surface area contributed by atoms with Crippen LogP contribution in [0.4, 0.5) is 19.0 Å². The van der Waals surface area contributed by atoms with Gasteiger partial charge in [0.2, 0.25) is 5.82 Å². The maximum absolute atomic E-state index is 12.9. The van der Waals surface area contributed by atoms with Gasteiger partial charge in [-0.3, -0.25) is 5.43 Å². The molecule has 0 saturated heterocycles. The van der Waals surface area contributed by atoms with Crippen molar-refractivity contribution in [3.05, 3.63) is 41.7 Å². The molecule has 1 aliphatic rings. The number of fused-ring (bicyclic) bond motifs is 1. The fraction of sp³-hybridized carbons (Fsp3) is 0.267. The highest BCUT2D eigenvalue weighted by Crippen LogP contribution is 2.30. The second-order valence-corrected chi connectivity index (χ2v) is 5.12. The van der Waals surface area contributed by atoms with E-state index in [9.17, 15) is 13.2 Å². The normalized spacial score (nSPS) is 17.1. The summed E-state index contributed by atoms with van der Waals surface area (Å²) in [5, 5.41) is 4.65. The van der Waals surface area contributed by atoms with Crippen LogP contribution in [-0.2, 0) is 6.18 Å². The van der Waals surface area contributed by atoms with E-state index in [0.717, 1.165) is 18.6 Å². The van der Waals surface area contributed by atoms with E-state index in [4.69, 9.17) is 0 Å². The van der Waals surface area contributed by atoms with Crippen LogP contribution in [-0.4, -0.2) is 15.7 Å². The molecule has 0 aliphatic heterocycles. The van der Waals surface area contributed by atoms with E-state index < -0.39 is 12.0 Å². The summed E-state index contributed by atoms with van der Waals surface area (Å²) >= 11 is 0. The molecular formula is C15H13F3N4. The Morgan fingerprint density at radius 3 is 2.59 bits per heavy atom. The lowest BCUT2D eigenvalue weighted by molar-refractivity contribution is -0.144. The Bertz CT molecular complexity index is 778. The van der Waals surface area contributed by atoms with Crippen LogP contribution < -0.4 is 5.43 Å². The monoisotopic (exact) mass is 306 g/mol. The van der Waals surface area contributed by atoms with Crippen molar-refractivity contribution in [2.75, 3.05) is 5.43 Å². The highest BCUT2D eigenvalue weighted by Gasteiger charge is 2.35. The third-order valence-corrected chi connectivity index (χ3v) is 3.35. The van der Waals surface area contributed by atoms with Gasteiger partial charge in [-0.05, 0) is 38.0 Å². The summed E-state index contributed by atoms with van der Waals surface area (Å²) in [6, 6.07) is 6.53. The molecule has 1 aliphatic carbocycles. The topological polar surface area (TPSA) is 50.2 Å². The Labute approximate surface area is 124 Å². The van der Waals surface area contributed by atoms with E-state index in [-0.39, 0.29) is 11.3 Å². The molecule has 0 unspecified atom stereocenters. The number of hydrogen-bond acceptors (Lipinski definition) is 4. The van der Waals surface area contributed by atoms with E-state index in [1.807, 2.05) is 13.0 Å². The van der Waals surface area contributed by atoms with Gasteiger partial charge in [0.05, 0.1) is 11.2 Å². The summed E-state index contributed by atoms with van der Waals surface area (Å²) in [5.41, 5.74) is 4.88. The maximum atomic E-state index is 12.9. The molecule has 4 nitrogen and oxygen atoms in total. The van der Waals surface area contributed by atoms with Crippen molar-refractivity contribution in [3.8, 4) is 0 Å². The van der Waals surface area contributed by atoms with Gasteiger partial charge >= 0.3 is 6.18 Å². The van der Waals surface area contributed by atoms with Crippen molar-refractivity contribution in [1.82, 2.24) is 9.97 Å². The highest BCUT2D eigenvalue weighted by atomic mass is 19.4. The lowest BCUT2D eigenvalue weighted by Gasteiger charge is -2.10. The molecule has 0 bridgehead atoms. The van der Waals surface area contributed by atoms with Gasteiger partial charge in [-0.1, -0.05) is 17.7 Å². The number of allylic oxidation sites excluding steroid dienone is 2. The van der Waals surface area contributed by atoms with Gasteiger partial charge in [0.25, 0.3) is 0 Å². The molecule has 2 aromatic rings. The SMILES string of the molecule is CC1=C/C(=N/Nc2nc(C(F)(F)F)nc3ccccc23)CC1. The van der Waals surface area contributed by atoms with Crippen molar-refractivity contribution in [2.24, 2.45) is 5.10 Å². The fourth-order valence-corrected chi connectivity index (χ4v) is 2.26. The van der Waals surface area contributed by atoms with Crippen LogP contribution in [0.3, 0.4) is 0 Å². The number of para-hydroxylation sites is 1. The van der Waals surface area contributed by atoms with Gasteiger partial charge in [-0.25, -0.2) is 9.97 Å². The molecule has 0 fully saturated rings. The van der Waals surface area contributed by atoms with E-state index >= 15 is 0 Å². The van der Waals surface area contributed by atoms with Crippen LogP contribution in [0.25, 0.3) is 10.9 Å². The Morgan fingerprint density at radius 1 is 1.14 bits per heavy atom. The largest absolute Gasteiger partial charge is 0.451 e. The predicted octanol–water partition coefficient (Wildman–Crippen LogP) is 4.16. The van der Waals surface area contributed by atoms with Crippen LogP contribution in [0, 0.1) is 0 Å². The van der Waals surface area contributed by atoms with Crippen LogP contribution in [0.15, 0.2) is 41.0 Å². The quantitative estimate of drug-likeness (QED) is 0.848. The van der Waals surface area contributed by atoms with Gasteiger partial charge < -0.3 is 0 Å². The van der Waals surface area contributed by atoms with E-state index in [1.165, 1.54) is 11.6 Å². The third kappa shape index (κ3) is 2.93. The summed E-state index contributed by atoms with van der Waals surface area (Å²) in [7, 11) is 0. The molecule has 1 N–H and O–H groups in total. The van der Waals surface area contributed by atoms with Crippen molar-refractivity contribution in [1.29, 1.82) is 0 Å². The highest BCUT2D eigenvalue weighted by molar-refractivity contribution is 5.98. The minimum atomic E-state index is -4.60. The lowest BCUT2D eigenvalue weighted by Crippen LogP contribution is -2.12. The number of nitrogens with zero attached hydrogens (tertiary/aromatic N) is 3. The van der Waals surface area contributed by atoms with Crippen LogP contribution in [0.5, 0.6) is 0 Å². The first-order valence-electron chi connectivity index (χ1n) is 6.77. The van der Waals surface area contributed by atoms with Crippen molar-refractivity contribution in [3.63, 3.8) is 0 Å². The lowest BCUT2D eigenvalue weighted by atomic mass is 10.2. The summed E-state index contributed by atoms with van der Waals surface area (Å²) in [5.74, 6) is -1.12. The third-order valence-electron chi connectivity index (χ3n) is 3.35. The number of alkyl halides is 3. The predicted molar refractivity (Wildman–Crippen MR) is 78.6 cm³/mol. The molecule has 114 valence electrons. The molecule has 0 radical (unpaired) electrons. The fourth-order valence-electron chi connectivity index (χ4n) is 2.26. The van der Waals surface area contributed by atoms with E-state index in [0.29, 0.717) is 5.39 Å². The molecule has 3 rings (SSSR count). The Kier molecular flexibility index (Phi) is 3.56. The molecule has 1 aromatic heterocycles. The zero-order chi connectivity index (χ0) is 15.7. The minimum Gasteiger partial charge on any atom is -0.260 e. The first-order chi connectivity index (χ1) is 10.4. The maximum Gasteiger partial charge on any atom is 0.451 e. The first-order valence-corrected chi connectivity index (χ1v) is 6.77. The average Bonchev–Trinajstić information content (AvgIpc) is 2.89. The first kappa shape index (κ1) is 14.5. The molecule has 1 aromatic carbocycles. The second-order valence-electron chi connectivity index (χ2n) is 5.12. The number of nitrogens with one attached hydrogen (secondary N) is 1. The summed E-state index contributed by atoms with van der Waals surface area (Å²) in [6.45, 7) is 1.99. The Morgan fingerprint density at radius 2 is 1.91 bits per heavy atom. The molecule has 0 amide bonds. The number of hydrazone groups is 1. The van der Waals surface area contributed by atoms with Gasteiger partial charge in [0.15, 0.2) is 5.82 Å². The average molecular weight is 306 g/mol. The number of halogens is 3. The molecule has 0 atom stereocenters. The molecule has 0 spiro atoms. The zero-order valence-corrected chi connectivity index (χ0v) is 11.8. The van der Waals surface area contributed by atoms with Crippen molar-refractivity contribution < 1.29 is 13.2 Å². The smallest absolute Gasteiger partial charge is 0.260 e. The number of aromatic nitrogens is 2. The number of rotatable bonds is 2. The van der Waals surface area contributed by atoms with E-state index in [2.05, 4.69) is 20.5 Å². The number of hydrogen-bond donors (Lipinski definition) is 1. The Hall–Kier alpha value is -2.44. The standard InChI is InChI=1S/C15H13F3N4/c1-9-6-7-10(8-9)21-22-13-11-4-2-3-5-12(11)19-14(20-13)15(16,17)18/h2-5,8H,6-7H2,1H3,(H,19,20,22)/b21-10+. The van der Waals surface area contributed by atoms with Crippen LogP contribution >= 0.6 is 0 Å². The van der Waals surface area contributed by atoms with Gasteiger partial charge in [-0.15, -0.1) is 0 Å². The Balaban J connectivity index is 2.03. The molecular weight excluding hydrogens is 293 g/mol. The zero-order valence-electron chi connectivity index (χ0n) is 11.8. The molecule has 22 heavy (non-hydrogen) atoms. The minimum absolute atomic E-state index is 0.0587. The van der Waals surface area contributed by atoms with Crippen LogP contribution in [0.1, 0.15) is 25.6 Å². The summed E-state index contributed by atoms with van der Waals surface area (Å²) < 4.78 is 38.7. The number of anilines is 1. The van der Waals surface area contributed by atoms with Gasteiger partial charge in [-0.2, -0.15) is 18.3 Å². The summed E-state index contributed by atoms with van der Waals surface area (Å²) in [4.78, 5) is 7.14. The molecule has 7 heteroatoms. The van der Waals surface area contributed by atoms with Crippen molar-refractivity contribution in [2.45, 2.75) is 25.9 Å². The second kappa shape index (κ2) is 5.40. The molecule has 0 saturated carbocycles. The van der Waals surface area contributed by atoms with Crippen LogP contribution in [0.2, 0.25) is 0 Å². The van der Waals surface area contributed by atoms with Gasteiger partial charge in [0, 0.05) is 5.39 Å². The van der Waals surface area contributed by atoms with Gasteiger partial charge in [0.1, 0.15) is 0 Å². The molecule has 1 heterocycles.